The first-order valence-electron chi connectivity index (χ1n) is 5.44. The second-order valence-corrected chi connectivity index (χ2v) is 4.71. The van der Waals surface area contributed by atoms with Gasteiger partial charge < -0.3 is 0 Å². The van der Waals surface area contributed by atoms with Crippen molar-refractivity contribution in [2.24, 2.45) is 0 Å². The van der Waals surface area contributed by atoms with E-state index in [1.54, 1.807) is 18.4 Å². The zero-order valence-electron chi connectivity index (χ0n) is 9.96. The summed E-state index contributed by atoms with van der Waals surface area (Å²) >= 11 is 1.16. The molecule has 5 heteroatoms. The molecule has 0 aliphatic heterocycles. The summed E-state index contributed by atoms with van der Waals surface area (Å²) in [5.41, 5.74) is -0.990. The normalized spacial score (nSPS) is 11.6. The van der Waals surface area contributed by atoms with Crippen molar-refractivity contribution in [2.45, 2.75) is 11.1 Å². The lowest BCUT2D eigenvalue weighted by molar-refractivity contribution is -0.137. The molecule has 0 aliphatic rings. The van der Waals surface area contributed by atoms with Crippen LogP contribution in [0.4, 0.5) is 17.6 Å². The molecule has 100 valence electrons. The quantitative estimate of drug-likeness (QED) is 0.538. The number of alkyl halides is 3. The van der Waals surface area contributed by atoms with Gasteiger partial charge in [0.05, 0.1) is 5.56 Å². The van der Waals surface area contributed by atoms with Crippen LogP contribution in [0.5, 0.6) is 0 Å². The van der Waals surface area contributed by atoms with Crippen LogP contribution in [-0.2, 0) is 6.18 Å². The number of hydrogen-bond acceptors (Lipinski definition) is 1. The predicted octanol–water partition coefficient (Wildman–Crippen LogP) is 5.23. The van der Waals surface area contributed by atoms with E-state index >= 15 is 0 Å². The van der Waals surface area contributed by atoms with Gasteiger partial charge in [0.25, 0.3) is 0 Å². The maximum absolute atomic E-state index is 14.1. The van der Waals surface area contributed by atoms with E-state index in [2.05, 4.69) is 0 Å². The number of halogens is 4. The van der Waals surface area contributed by atoms with Gasteiger partial charge in [0.1, 0.15) is 5.82 Å². The summed E-state index contributed by atoms with van der Waals surface area (Å²) in [5, 5.41) is 0. The molecule has 0 amide bonds. The zero-order chi connectivity index (χ0) is 14.0. The van der Waals surface area contributed by atoms with Gasteiger partial charge in [0.15, 0.2) is 0 Å². The van der Waals surface area contributed by atoms with Crippen LogP contribution in [0.15, 0.2) is 47.4 Å². The highest BCUT2D eigenvalue weighted by molar-refractivity contribution is 7.98. The van der Waals surface area contributed by atoms with E-state index in [1.165, 1.54) is 24.3 Å². The third-order valence-electron chi connectivity index (χ3n) is 2.71. The fourth-order valence-corrected chi connectivity index (χ4v) is 2.35. The monoisotopic (exact) mass is 286 g/mol. The fraction of sp³-hybridized carbons (Fsp3) is 0.143. The molecule has 2 rings (SSSR count). The molecule has 2 aromatic rings. The van der Waals surface area contributed by atoms with Crippen LogP contribution in [0.25, 0.3) is 11.1 Å². The van der Waals surface area contributed by atoms with E-state index in [9.17, 15) is 17.6 Å². The molecule has 0 nitrogen and oxygen atoms in total. The van der Waals surface area contributed by atoms with Crippen LogP contribution in [0.1, 0.15) is 5.56 Å². The van der Waals surface area contributed by atoms with Crippen molar-refractivity contribution in [3.63, 3.8) is 0 Å². The van der Waals surface area contributed by atoms with Gasteiger partial charge in [-0.2, -0.15) is 13.2 Å². The smallest absolute Gasteiger partial charge is 0.205 e. The van der Waals surface area contributed by atoms with Crippen LogP contribution in [0.3, 0.4) is 0 Å². The summed E-state index contributed by atoms with van der Waals surface area (Å²) < 4.78 is 52.9. The molecule has 0 unspecified atom stereocenters. The van der Waals surface area contributed by atoms with E-state index in [1.807, 2.05) is 0 Å². The van der Waals surface area contributed by atoms with E-state index in [-0.39, 0.29) is 11.1 Å². The van der Waals surface area contributed by atoms with Crippen LogP contribution in [-0.4, -0.2) is 6.26 Å². The highest BCUT2D eigenvalue weighted by Gasteiger charge is 2.33. The highest BCUT2D eigenvalue weighted by atomic mass is 32.2. The average molecular weight is 286 g/mol. The van der Waals surface area contributed by atoms with E-state index in [0.29, 0.717) is 4.90 Å². The van der Waals surface area contributed by atoms with Gasteiger partial charge in [0.2, 0.25) is 0 Å². The molecular weight excluding hydrogens is 276 g/mol. The first kappa shape index (κ1) is 13.9. The maximum Gasteiger partial charge on any atom is 0.417 e. The summed E-state index contributed by atoms with van der Waals surface area (Å²) in [6.45, 7) is 0. The lowest BCUT2D eigenvalue weighted by atomic mass is 9.99. The largest absolute Gasteiger partial charge is 0.417 e. The summed E-state index contributed by atoms with van der Waals surface area (Å²) in [7, 11) is 0. The van der Waals surface area contributed by atoms with Crippen molar-refractivity contribution in [1.82, 2.24) is 0 Å². The molecular formula is C14H10F4S. The Bertz CT molecular complexity index is 590. The van der Waals surface area contributed by atoms with Crippen molar-refractivity contribution >= 4 is 11.8 Å². The second kappa shape index (κ2) is 5.25. The molecule has 0 radical (unpaired) electrons. The minimum Gasteiger partial charge on any atom is -0.205 e. The number of rotatable bonds is 2. The van der Waals surface area contributed by atoms with Gasteiger partial charge >= 0.3 is 6.18 Å². The number of thioether (sulfide) groups is 1. The van der Waals surface area contributed by atoms with E-state index < -0.39 is 17.6 Å². The molecule has 19 heavy (non-hydrogen) atoms. The summed E-state index contributed by atoms with van der Waals surface area (Å²) in [5.74, 6) is -0.619. The Labute approximate surface area is 112 Å². The number of benzene rings is 2. The van der Waals surface area contributed by atoms with Gasteiger partial charge in [-0.05, 0) is 24.0 Å². The summed E-state index contributed by atoms with van der Waals surface area (Å²) in [6, 6.07) is 9.46. The standard InChI is InChI=1S/C14H10F4S/c1-19-12-8-4-6-10(13(12)15)9-5-2-3-7-11(9)14(16,17)18/h2-8H,1H3. The molecule has 0 spiro atoms. The lowest BCUT2D eigenvalue weighted by Gasteiger charge is -2.14. The Morgan fingerprint density at radius 1 is 0.895 bits per heavy atom. The Hall–Kier alpha value is -1.49. The molecule has 2 aromatic carbocycles. The third kappa shape index (κ3) is 2.76. The molecule has 0 bridgehead atoms. The van der Waals surface area contributed by atoms with Crippen molar-refractivity contribution < 1.29 is 17.6 Å². The van der Waals surface area contributed by atoms with Crippen LogP contribution in [0, 0.1) is 5.82 Å². The Kier molecular flexibility index (Phi) is 3.85. The molecule has 0 atom stereocenters. The first-order chi connectivity index (χ1) is 8.95. The highest BCUT2D eigenvalue weighted by Crippen LogP contribution is 2.39. The Balaban J connectivity index is 2.67. The SMILES string of the molecule is CSc1cccc(-c2ccccc2C(F)(F)F)c1F. The lowest BCUT2D eigenvalue weighted by Crippen LogP contribution is -2.07. The predicted molar refractivity (Wildman–Crippen MR) is 68.6 cm³/mol. The van der Waals surface area contributed by atoms with Crippen molar-refractivity contribution in [1.29, 1.82) is 0 Å². The van der Waals surface area contributed by atoms with Gasteiger partial charge in [-0.1, -0.05) is 30.3 Å². The topological polar surface area (TPSA) is 0 Å². The van der Waals surface area contributed by atoms with Gasteiger partial charge in [-0.25, -0.2) is 4.39 Å². The van der Waals surface area contributed by atoms with Gasteiger partial charge in [-0.3, -0.25) is 0 Å². The maximum atomic E-state index is 14.1. The molecule has 0 saturated carbocycles. The average Bonchev–Trinajstić information content (AvgIpc) is 2.38. The zero-order valence-corrected chi connectivity index (χ0v) is 10.8. The van der Waals surface area contributed by atoms with Gasteiger partial charge in [0, 0.05) is 10.5 Å². The summed E-state index contributed by atoms with van der Waals surface area (Å²) in [6.07, 6.45) is -2.82. The Morgan fingerprint density at radius 2 is 1.53 bits per heavy atom. The third-order valence-corrected chi connectivity index (χ3v) is 3.46. The van der Waals surface area contributed by atoms with Crippen molar-refractivity contribution in [3.8, 4) is 11.1 Å². The number of hydrogen-bond donors (Lipinski definition) is 0. The first-order valence-corrected chi connectivity index (χ1v) is 6.66. The fourth-order valence-electron chi connectivity index (χ4n) is 1.84. The minimum atomic E-state index is -4.50. The van der Waals surface area contributed by atoms with E-state index in [0.717, 1.165) is 17.8 Å². The molecule has 0 N–H and O–H groups in total. The summed E-state index contributed by atoms with van der Waals surface area (Å²) in [4.78, 5) is 0.328. The Morgan fingerprint density at radius 3 is 2.16 bits per heavy atom. The molecule has 0 aliphatic carbocycles. The van der Waals surface area contributed by atoms with Gasteiger partial charge in [-0.15, -0.1) is 11.8 Å². The van der Waals surface area contributed by atoms with E-state index in [4.69, 9.17) is 0 Å². The van der Waals surface area contributed by atoms with Crippen LogP contribution < -0.4 is 0 Å². The molecule has 0 saturated heterocycles. The molecule has 0 aromatic heterocycles. The van der Waals surface area contributed by atoms with Crippen LogP contribution in [0.2, 0.25) is 0 Å². The minimum absolute atomic E-state index is 0.0280. The second-order valence-electron chi connectivity index (χ2n) is 3.87. The van der Waals surface area contributed by atoms with Crippen molar-refractivity contribution in [3.05, 3.63) is 53.8 Å². The van der Waals surface area contributed by atoms with Crippen LogP contribution >= 0.6 is 11.8 Å². The molecule has 0 fully saturated rings. The molecule has 0 heterocycles. The van der Waals surface area contributed by atoms with Crippen molar-refractivity contribution in [2.75, 3.05) is 6.26 Å².